The first-order chi connectivity index (χ1) is 5.91. The number of sulfone groups is 1. The Morgan fingerprint density at radius 3 is 1.93 bits per heavy atom. The third kappa shape index (κ3) is 3.29. The van der Waals surface area contributed by atoms with Crippen molar-refractivity contribution in [2.24, 2.45) is 5.73 Å². The van der Waals surface area contributed by atoms with Crippen LogP contribution >= 0.6 is 12.4 Å². The van der Waals surface area contributed by atoms with E-state index in [1.165, 1.54) is 6.26 Å². The second-order valence-electron chi connectivity index (χ2n) is 3.13. The van der Waals surface area contributed by atoms with Crippen molar-refractivity contribution >= 4 is 22.2 Å². The molecule has 0 heterocycles. The van der Waals surface area contributed by atoms with E-state index in [9.17, 15) is 8.42 Å². The minimum atomic E-state index is -3.09. The van der Waals surface area contributed by atoms with E-state index in [4.69, 9.17) is 5.73 Å². The number of benzene rings is 1. The van der Waals surface area contributed by atoms with Crippen molar-refractivity contribution in [3.8, 4) is 0 Å². The van der Waals surface area contributed by atoms with E-state index in [2.05, 4.69) is 0 Å². The van der Waals surface area contributed by atoms with Crippen LogP contribution in [0.1, 0.15) is 18.5 Å². The van der Waals surface area contributed by atoms with Crippen LogP contribution in [0, 0.1) is 0 Å². The summed E-state index contributed by atoms with van der Waals surface area (Å²) in [6.45, 7) is 1.86. The van der Waals surface area contributed by atoms with E-state index in [0.29, 0.717) is 4.90 Å². The van der Waals surface area contributed by atoms with Gasteiger partial charge in [0, 0.05) is 12.3 Å². The van der Waals surface area contributed by atoms with Crippen molar-refractivity contribution < 1.29 is 8.42 Å². The van der Waals surface area contributed by atoms with Crippen LogP contribution in [0.2, 0.25) is 0 Å². The molecular weight excluding hydrogens is 222 g/mol. The molecule has 0 amide bonds. The van der Waals surface area contributed by atoms with Crippen LogP contribution in [0.15, 0.2) is 29.2 Å². The van der Waals surface area contributed by atoms with Gasteiger partial charge in [-0.1, -0.05) is 12.1 Å². The molecule has 0 saturated heterocycles. The van der Waals surface area contributed by atoms with Crippen LogP contribution in [0.25, 0.3) is 0 Å². The van der Waals surface area contributed by atoms with E-state index in [0.717, 1.165) is 5.56 Å². The summed E-state index contributed by atoms with van der Waals surface area (Å²) in [6.07, 6.45) is 1.19. The molecule has 0 unspecified atom stereocenters. The second kappa shape index (κ2) is 4.77. The third-order valence-corrected chi connectivity index (χ3v) is 2.96. The lowest BCUT2D eigenvalue weighted by molar-refractivity contribution is 0.602. The van der Waals surface area contributed by atoms with Crippen LogP contribution in [-0.2, 0) is 9.84 Å². The molecule has 0 aliphatic heterocycles. The fourth-order valence-corrected chi connectivity index (χ4v) is 1.65. The zero-order valence-electron chi connectivity index (χ0n) is 8.10. The quantitative estimate of drug-likeness (QED) is 0.846. The summed E-state index contributed by atoms with van der Waals surface area (Å²) < 4.78 is 22.2. The summed E-state index contributed by atoms with van der Waals surface area (Å²) in [6, 6.07) is 6.57. The smallest absolute Gasteiger partial charge is 0.175 e. The lowest BCUT2D eigenvalue weighted by atomic mass is 10.1. The maximum absolute atomic E-state index is 11.1. The van der Waals surface area contributed by atoms with Crippen LogP contribution in [0.5, 0.6) is 0 Å². The molecule has 0 saturated carbocycles. The highest BCUT2D eigenvalue weighted by molar-refractivity contribution is 7.90. The molecule has 3 nitrogen and oxygen atoms in total. The lowest BCUT2D eigenvalue weighted by Crippen LogP contribution is -2.05. The molecule has 0 fully saturated rings. The summed E-state index contributed by atoms with van der Waals surface area (Å²) in [5.74, 6) is 0. The summed E-state index contributed by atoms with van der Waals surface area (Å²) in [7, 11) is -3.09. The van der Waals surface area contributed by atoms with Crippen molar-refractivity contribution in [3.05, 3.63) is 29.8 Å². The monoisotopic (exact) mass is 235 g/mol. The van der Waals surface area contributed by atoms with Gasteiger partial charge in [-0.2, -0.15) is 0 Å². The SMILES string of the molecule is C[C@H](N)c1ccc(S(C)(=O)=O)cc1.Cl. The molecule has 1 atom stereocenters. The molecule has 1 aromatic rings. The Balaban J connectivity index is 0.00000169. The molecule has 80 valence electrons. The highest BCUT2D eigenvalue weighted by Crippen LogP contribution is 2.13. The van der Waals surface area contributed by atoms with Gasteiger partial charge in [0.05, 0.1) is 4.90 Å². The molecule has 0 aliphatic rings. The van der Waals surface area contributed by atoms with E-state index in [1.807, 2.05) is 6.92 Å². The Hall–Kier alpha value is -0.580. The number of hydrogen-bond donors (Lipinski definition) is 1. The molecule has 5 heteroatoms. The Morgan fingerprint density at radius 1 is 1.21 bits per heavy atom. The van der Waals surface area contributed by atoms with Crippen LogP contribution in [-0.4, -0.2) is 14.7 Å². The fraction of sp³-hybridized carbons (Fsp3) is 0.333. The van der Waals surface area contributed by atoms with Crippen molar-refractivity contribution in [3.63, 3.8) is 0 Å². The highest BCUT2D eigenvalue weighted by atomic mass is 35.5. The standard InChI is InChI=1S/C9H13NO2S.ClH/c1-7(10)8-3-5-9(6-4-8)13(2,11)12;/h3-7H,10H2,1-2H3;1H/t7-;/m0./s1. The van der Waals surface area contributed by atoms with Crippen LogP contribution in [0.4, 0.5) is 0 Å². The molecule has 1 rings (SSSR count). The number of nitrogens with two attached hydrogens (primary N) is 1. The normalized spacial score (nSPS) is 13.1. The average molecular weight is 236 g/mol. The Kier molecular flexibility index (Phi) is 4.58. The highest BCUT2D eigenvalue weighted by Gasteiger charge is 2.06. The van der Waals surface area contributed by atoms with Gasteiger partial charge in [0.15, 0.2) is 9.84 Å². The van der Waals surface area contributed by atoms with Crippen LogP contribution < -0.4 is 5.73 Å². The van der Waals surface area contributed by atoms with Gasteiger partial charge >= 0.3 is 0 Å². The summed E-state index contributed by atoms with van der Waals surface area (Å²) in [5.41, 5.74) is 6.56. The maximum atomic E-state index is 11.1. The van der Waals surface area contributed by atoms with Crippen molar-refractivity contribution in [1.29, 1.82) is 0 Å². The fourth-order valence-electron chi connectivity index (χ4n) is 1.02. The molecule has 0 spiro atoms. The van der Waals surface area contributed by atoms with Crippen molar-refractivity contribution in [2.75, 3.05) is 6.26 Å². The van der Waals surface area contributed by atoms with Gasteiger partial charge in [-0.15, -0.1) is 12.4 Å². The predicted octanol–water partition coefficient (Wildman–Crippen LogP) is 1.53. The van der Waals surface area contributed by atoms with Gasteiger partial charge in [-0.3, -0.25) is 0 Å². The summed E-state index contributed by atoms with van der Waals surface area (Å²) in [4.78, 5) is 0.330. The third-order valence-electron chi connectivity index (χ3n) is 1.83. The predicted molar refractivity (Wildman–Crippen MR) is 59.4 cm³/mol. The second-order valence-corrected chi connectivity index (χ2v) is 5.15. The van der Waals surface area contributed by atoms with Gasteiger partial charge in [0.1, 0.15) is 0 Å². The number of halogens is 1. The van der Waals surface area contributed by atoms with Gasteiger partial charge in [-0.05, 0) is 24.6 Å². The minimum Gasteiger partial charge on any atom is -0.324 e. The molecule has 0 radical (unpaired) electrons. The number of rotatable bonds is 2. The molecule has 2 N–H and O–H groups in total. The lowest BCUT2D eigenvalue weighted by Gasteiger charge is -2.05. The van der Waals surface area contributed by atoms with E-state index in [1.54, 1.807) is 24.3 Å². The number of hydrogen-bond acceptors (Lipinski definition) is 3. The largest absolute Gasteiger partial charge is 0.324 e. The van der Waals surface area contributed by atoms with E-state index in [-0.39, 0.29) is 18.4 Å². The Morgan fingerprint density at radius 2 is 1.64 bits per heavy atom. The van der Waals surface area contributed by atoms with Gasteiger partial charge in [0.2, 0.25) is 0 Å². The molecule has 0 bridgehead atoms. The van der Waals surface area contributed by atoms with E-state index >= 15 is 0 Å². The summed E-state index contributed by atoms with van der Waals surface area (Å²) >= 11 is 0. The first kappa shape index (κ1) is 13.4. The molecule has 14 heavy (non-hydrogen) atoms. The van der Waals surface area contributed by atoms with Gasteiger partial charge < -0.3 is 5.73 Å². The first-order valence-electron chi connectivity index (χ1n) is 3.97. The Bertz CT molecular complexity index is 384. The average Bonchev–Trinajstić information content (AvgIpc) is 2.03. The Labute approximate surface area is 90.6 Å². The van der Waals surface area contributed by atoms with Gasteiger partial charge in [-0.25, -0.2) is 8.42 Å². The van der Waals surface area contributed by atoms with E-state index < -0.39 is 9.84 Å². The van der Waals surface area contributed by atoms with Crippen LogP contribution in [0.3, 0.4) is 0 Å². The summed E-state index contributed by atoms with van der Waals surface area (Å²) in [5, 5.41) is 0. The molecular formula is C9H14ClNO2S. The maximum Gasteiger partial charge on any atom is 0.175 e. The van der Waals surface area contributed by atoms with Crippen molar-refractivity contribution in [2.45, 2.75) is 17.9 Å². The topological polar surface area (TPSA) is 60.2 Å². The zero-order chi connectivity index (χ0) is 10.1. The minimum absolute atomic E-state index is 0. The molecule has 1 aromatic carbocycles. The zero-order valence-corrected chi connectivity index (χ0v) is 9.73. The van der Waals surface area contributed by atoms with Gasteiger partial charge in [0.25, 0.3) is 0 Å². The molecule has 0 aromatic heterocycles. The first-order valence-corrected chi connectivity index (χ1v) is 5.86. The van der Waals surface area contributed by atoms with Crippen molar-refractivity contribution in [1.82, 2.24) is 0 Å². The molecule has 0 aliphatic carbocycles.